The van der Waals surface area contributed by atoms with Crippen LogP contribution in [0.5, 0.6) is 5.75 Å². The Balaban J connectivity index is 1.26. The molecular weight excluding hydrogens is 612 g/mol. The maximum Gasteiger partial charge on any atom is 0.339 e. The normalized spacial score (nSPS) is 11.9. The lowest BCUT2D eigenvalue weighted by atomic mass is 10.1. The number of nitrogens with zero attached hydrogens (tertiary/aromatic N) is 6. The van der Waals surface area contributed by atoms with Gasteiger partial charge < -0.3 is 21.7 Å². The van der Waals surface area contributed by atoms with Gasteiger partial charge in [-0.2, -0.15) is 28.9 Å². The molecular formula is C31H24N8O6S. The highest BCUT2D eigenvalue weighted by atomic mass is 32.2. The molecule has 0 heterocycles. The monoisotopic (exact) mass is 636 g/mol. The highest BCUT2D eigenvalue weighted by Crippen LogP contribution is 2.39. The summed E-state index contributed by atoms with van der Waals surface area (Å²) < 4.78 is 31.5. The summed E-state index contributed by atoms with van der Waals surface area (Å²) in [6.07, 6.45) is 0. The molecule has 0 saturated heterocycles. The lowest BCUT2D eigenvalue weighted by molar-refractivity contribution is 0.0693. The smallest absolute Gasteiger partial charge is 0.339 e. The van der Waals surface area contributed by atoms with Gasteiger partial charge in [0.2, 0.25) is 0 Å². The van der Waals surface area contributed by atoms with Crippen LogP contribution in [0.1, 0.15) is 10.4 Å². The van der Waals surface area contributed by atoms with Crippen LogP contribution in [0.25, 0.3) is 11.1 Å². The number of phenols is 1. The number of azo groups is 3. The van der Waals surface area contributed by atoms with Gasteiger partial charge in [0.25, 0.3) is 10.1 Å². The largest absolute Gasteiger partial charge is 0.507 e. The fourth-order valence-corrected chi connectivity index (χ4v) is 4.51. The van der Waals surface area contributed by atoms with Gasteiger partial charge in [-0.25, -0.2) is 4.79 Å². The number of nitrogen functional groups attached to an aromatic ring is 2. The first-order chi connectivity index (χ1) is 22.0. The van der Waals surface area contributed by atoms with Crippen molar-refractivity contribution >= 4 is 61.6 Å². The summed E-state index contributed by atoms with van der Waals surface area (Å²) in [5.41, 5.74) is 16.5. The van der Waals surface area contributed by atoms with Crippen LogP contribution in [0.15, 0.2) is 139 Å². The Kier molecular flexibility index (Phi) is 8.88. The van der Waals surface area contributed by atoms with Crippen molar-refractivity contribution in [3.05, 3.63) is 109 Å². The molecule has 0 aliphatic heterocycles. The Bertz CT molecular complexity index is 2120. The van der Waals surface area contributed by atoms with Crippen LogP contribution in [-0.2, 0) is 10.1 Å². The SMILES string of the molecule is Nc1ccc(N=Nc2ccc(S(=O)(=O)O)cc2)c(N)c1N=Nc1ccc(-c2ccc(N=Nc3ccc(O)c(C(=O)O)c3)cc2)cc1. The number of aromatic hydroxyl groups is 1. The molecule has 0 radical (unpaired) electrons. The van der Waals surface area contributed by atoms with Crippen molar-refractivity contribution in [2.75, 3.05) is 11.5 Å². The highest BCUT2D eigenvalue weighted by Gasteiger charge is 2.12. The zero-order valence-corrected chi connectivity index (χ0v) is 24.4. The van der Waals surface area contributed by atoms with Gasteiger partial charge in [0.1, 0.15) is 22.7 Å². The minimum atomic E-state index is -4.32. The Labute approximate surface area is 261 Å². The summed E-state index contributed by atoms with van der Waals surface area (Å²) in [6.45, 7) is 0. The van der Waals surface area contributed by atoms with Crippen LogP contribution < -0.4 is 11.5 Å². The quantitative estimate of drug-likeness (QED) is 0.0596. The first kappa shape index (κ1) is 31.1. The van der Waals surface area contributed by atoms with Gasteiger partial charge in [0.05, 0.1) is 39.0 Å². The van der Waals surface area contributed by atoms with E-state index < -0.39 is 16.1 Å². The highest BCUT2D eigenvalue weighted by molar-refractivity contribution is 7.85. The molecule has 5 rings (SSSR count). The number of anilines is 2. The van der Waals surface area contributed by atoms with Crippen LogP contribution in [0.2, 0.25) is 0 Å². The molecule has 0 spiro atoms. The van der Waals surface area contributed by atoms with Crippen LogP contribution in [0, 0.1) is 0 Å². The maximum absolute atomic E-state index is 11.2. The number of rotatable bonds is 9. The number of nitrogens with two attached hydrogens (primary N) is 2. The zero-order chi connectivity index (χ0) is 32.8. The van der Waals surface area contributed by atoms with Crippen LogP contribution in [-0.4, -0.2) is 29.2 Å². The van der Waals surface area contributed by atoms with Gasteiger partial charge in [-0.1, -0.05) is 24.3 Å². The average Bonchev–Trinajstić information content (AvgIpc) is 3.04. The van der Waals surface area contributed by atoms with Crippen molar-refractivity contribution in [1.29, 1.82) is 0 Å². The third kappa shape index (κ3) is 7.42. The Morgan fingerprint density at radius 1 is 0.609 bits per heavy atom. The van der Waals surface area contributed by atoms with Crippen molar-refractivity contribution in [1.82, 2.24) is 0 Å². The number of carboxylic acids is 1. The zero-order valence-electron chi connectivity index (χ0n) is 23.6. The molecule has 7 N–H and O–H groups in total. The van der Waals surface area contributed by atoms with Crippen LogP contribution in [0.3, 0.4) is 0 Å². The number of carbonyl (C=O) groups is 1. The first-order valence-corrected chi connectivity index (χ1v) is 14.7. The summed E-state index contributed by atoms with van der Waals surface area (Å²) in [6, 6.07) is 26.7. The number of carboxylic acid groups (broad SMARTS) is 1. The van der Waals surface area contributed by atoms with E-state index in [1.807, 2.05) is 24.3 Å². The van der Waals surface area contributed by atoms with E-state index >= 15 is 0 Å². The van der Waals surface area contributed by atoms with Crippen molar-refractivity contribution < 1.29 is 28.0 Å². The molecule has 230 valence electrons. The molecule has 46 heavy (non-hydrogen) atoms. The predicted octanol–water partition coefficient (Wildman–Crippen LogP) is 8.41. The summed E-state index contributed by atoms with van der Waals surface area (Å²) in [5, 5.41) is 43.6. The number of aromatic carboxylic acids is 1. The minimum absolute atomic E-state index is 0.142. The topological polar surface area (TPSA) is 238 Å². The van der Waals surface area contributed by atoms with E-state index in [0.717, 1.165) is 11.1 Å². The van der Waals surface area contributed by atoms with E-state index in [0.29, 0.717) is 17.1 Å². The van der Waals surface area contributed by atoms with Gasteiger partial charge in [0.15, 0.2) is 0 Å². The molecule has 15 heteroatoms. The molecule has 5 aromatic rings. The molecule has 0 unspecified atom stereocenters. The summed E-state index contributed by atoms with van der Waals surface area (Å²) in [4.78, 5) is 10.9. The Morgan fingerprint density at radius 3 is 1.63 bits per heavy atom. The third-order valence-electron chi connectivity index (χ3n) is 6.46. The molecule has 0 aromatic heterocycles. The van der Waals surface area contributed by atoms with Gasteiger partial charge in [-0.3, -0.25) is 4.55 Å². The van der Waals surface area contributed by atoms with E-state index in [-0.39, 0.29) is 44.6 Å². The summed E-state index contributed by atoms with van der Waals surface area (Å²) in [5.74, 6) is -1.61. The van der Waals surface area contributed by atoms with Crippen molar-refractivity contribution in [3.8, 4) is 16.9 Å². The average molecular weight is 637 g/mol. The standard InChI is InChI=1S/C31H24N8O6S/c32-26-14-15-27(38-35-22-9-12-24(13-10-22)46(43,44)45)29(33)30(26)39-36-21-7-3-19(4-8-21)18-1-5-20(6-2-18)34-37-23-11-16-28(40)25(17-23)31(41)42/h1-17,40H,32-33H2,(H,41,42)(H,43,44,45). The second-order valence-electron chi connectivity index (χ2n) is 9.61. The molecule has 0 atom stereocenters. The van der Waals surface area contributed by atoms with Crippen molar-refractivity contribution in [2.45, 2.75) is 4.90 Å². The molecule has 0 fully saturated rings. The van der Waals surface area contributed by atoms with Gasteiger partial charge >= 0.3 is 5.97 Å². The molecule has 0 aliphatic rings. The van der Waals surface area contributed by atoms with Gasteiger partial charge in [-0.15, -0.1) is 10.2 Å². The van der Waals surface area contributed by atoms with Crippen molar-refractivity contribution in [2.24, 2.45) is 30.7 Å². The fraction of sp³-hybridized carbons (Fsp3) is 0. The Hall–Kier alpha value is -6.32. The second kappa shape index (κ2) is 13.1. The first-order valence-electron chi connectivity index (χ1n) is 13.3. The van der Waals surface area contributed by atoms with E-state index in [1.54, 1.807) is 36.4 Å². The van der Waals surface area contributed by atoms with E-state index in [4.69, 9.17) is 21.1 Å². The van der Waals surface area contributed by atoms with E-state index in [1.165, 1.54) is 42.5 Å². The van der Waals surface area contributed by atoms with Crippen molar-refractivity contribution in [3.63, 3.8) is 0 Å². The molecule has 0 amide bonds. The molecule has 14 nitrogen and oxygen atoms in total. The molecule has 0 bridgehead atoms. The molecule has 0 aliphatic carbocycles. The van der Waals surface area contributed by atoms with Gasteiger partial charge in [-0.05, 0) is 90.0 Å². The summed E-state index contributed by atoms with van der Waals surface area (Å²) >= 11 is 0. The van der Waals surface area contributed by atoms with Gasteiger partial charge in [0, 0.05) is 0 Å². The lowest BCUT2D eigenvalue weighted by Crippen LogP contribution is -1.96. The Morgan fingerprint density at radius 2 is 1.09 bits per heavy atom. The fourth-order valence-electron chi connectivity index (χ4n) is 4.03. The number of hydrogen-bond acceptors (Lipinski definition) is 12. The second-order valence-corrected chi connectivity index (χ2v) is 11.0. The molecule has 0 saturated carbocycles. The molecule has 5 aromatic carbocycles. The number of benzene rings is 5. The lowest BCUT2D eigenvalue weighted by Gasteiger charge is -2.06. The third-order valence-corrected chi connectivity index (χ3v) is 7.33. The van der Waals surface area contributed by atoms with Crippen LogP contribution in [0.4, 0.5) is 45.5 Å². The van der Waals surface area contributed by atoms with E-state index in [9.17, 15) is 18.3 Å². The predicted molar refractivity (Wildman–Crippen MR) is 171 cm³/mol. The maximum atomic E-state index is 11.2. The van der Waals surface area contributed by atoms with Crippen LogP contribution >= 0.6 is 0 Å². The van der Waals surface area contributed by atoms with E-state index in [2.05, 4.69) is 30.7 Å². The minimum Gasteiger partial charge on any atom is -0.507 e. The summed E-state index contributed by atoms with van der Waals surface area (Å²) in [7, 11) is -4.32. The number of hydrogen-bond donors (Lipinski definition) is 5.